The Morgan fingerprint density at radius 2 is 2.07 bits per heavy atom. The molecule has 2 amide bonds. The molecule has 5 heteroatoms. The molecule has 0 bridgehead atoms. The lowest BCUT2D eigenvalue weighted by Crippen LogP contribution is -2.39. The third-order valence-corrected chi connectivity index (χ3v) is 4.93. The van der Waals surface area contributed by atoms with Crippen LogP contribution in [0.5, 0.6) is 0 Å². The molecule has 0 N–H and O–H groups in total. The molecule has 1 aliphatic heterocycles. The lowest BCUT2D eigenvalue weighted by Gasteiger charge is -2.27. The zero-order chi connectivity index (χ0) is 19.9. The number of imide groups is 1. The summed E-state index contributed by atoms with van der Waals surface area (Å²) in [6.45, 7) is 9.28. The maximum absolute atomic E-state index is 13.1. The molecular weight excluding hydrogens is 340 g/mol. The summed E-state index contributed by atoms with van der Waals surface area (Å²) in [6, 6.07) is 5.80. The Morgan fingerprint density at radius 1 is 1.37 bits per heavy atom. The van der Waals surface area contributed by atoms with Crippen molar-refractivity contribution < 1.29 is 14.3 Å². The highest BCUT2D eigenvalue weighted by molar-refractivity contribution is 6.06. The smallest absolute Gasteiger partial charge is 0.417 e. The Morgan fingerprint density at radius 3 is 2.67 bits per heavy atom. The van der Waals surface area contributed by atoms with Crippen LogP contribution in [0, 0.1) is 5.92 Å². The van der Waals surface area contributed by atoms with E-state index in [9.17, 15) is 9.59 Å². The van der Waals surface area contributed by atoms with Crippen molar-refractivity contribution in [2.24, 2.45) is 5.92 Å². The molecule has 0 saturated carbocycles. The molecule has 2 aliphatic rings. The van der Waals surface area contributed by atoms with Crippen LogP contribution in [0.15, 0.2) is 42.6 Å². The molecule has 144 valence electrons. The molecule has 3 rings (SSSR count). The number of amides is 2. The van der Waals surface area contributed by atoms with Crippen LogP contribution >= 0.6 is 0 Å². The maximum atomic E-state index is 13.1. The minimum absolute atomic E-state index is 0.0478. The van der Waals surface area contributed by atoms with Crippen LogP contribution in [0.25, 0.3) is 0 Å². The van der Waals surface area contributed by atoms with E-state index in [1.54, 1.807) is 0 Å². The lowest BCUT2D eigenvalue weighted by molar-refractivity contribution is -0.125. The molecule has 0 spiro atoms. The summed E-state index contributed by atoms with van der Waals surface area (Å²) in [5.41, 5.74) is 3.47. The maximum Gasteiger partial charge on any atom is 0.417 e. The van der Waals surface area contributed by atoms with E-state index in [2.05, 4.69) is 12.6 Å². The molecule has 2 unspecified atom stereocenters. The van der Waals surface area contributed by atoms with Crippen molar-refractivity contribution in [1.82, 2.24) is 9.80 Å². The minimum Gasteiger partial charge on any atom is -0.443 e. The fraction of sp³-hybridized carbons (Fsp3) is 0.455. The Labute approximate surface area is 161 Å². The fourth-order valence-electron chi connectivity index (χ4n) is 4.04. The summed E-state index contributed by atoms with van der Waals surface area (Å²) >= 11 is 0. The predicted molar refractivity (Wildman–Crippen MR) is 105 cm³/mol. The van der Waals surface area contributed by atoms with Crippen LogP contribution in [0.2, 0.25) is 0 Å². The average molecular weight is 368 g/mol. The number of ether oxygens (including phenoxy) is 1. The van der Waals surface area contributed by atoms with Gasteiger partial charge in [0, 0.05) is 31.8 Å². The molecule has 2 atom stereocenters. The van der Waals surface area contributed by atoms with Gasteiger partial charge in [0.05, 0.1) is 6.04 Å². The summed E-state index contributed by atoms with van der Waals surface area (Å²) in [6.07, 6.45) is 4.66. The van der Waals surface area contributed by atoms with Crippen LogP contribution < -0.4 is 0 Å². The summed E-state index contributed by atoms with van der Waals surface area (Å²) in [5.74, 6) is -0.305. The zero-order valence-corrected chi connectivity index (χ0v) is 16.8. The molecule has 0 radical (unpaired) electrons. The lowest BCUT2D eigenvalue weighted by atomic mass is 9.96. The zero-order valence-electron chi connectivity index (χ0n) is 16.8. The number of hydrogen-bond acceptors (Lipinski definition) is 4. The monoisotopic (exact) mass is 368 g/mol. The van der Waals surface area contributed by atoms with E-state index in [4.69, 9.17) is 4.74 Å². The molecule has 1 aromatic carbocycles. The number of fused-ring (bicyclic) bond motifs is 3. The number of carbonyl (C=O) groups excluding carboxylic acids is 2. The van der Waals surface area contributed by atoms with E-state index in [1.165, 1.54) is 16.0 Å². The van der Waals surface area contributed by atoms with Gasteiger partial charge in [-0.15, -0.1) is 6.58 Å². The van der Waals surface area contributed by atoms with Gasteiger partial charge in [-0.1, -0.05) is 24.3 Å². The first kappa shape index (κ1) is 19.2. The standard InChI is InChI=1S/C22H28N2O3/c1-7-9-14-10-8-11-15-16(14)12-17-18(13-23(5)6)20(25)24(19(15)17)21(26)27-22(2,3)4/h7-8,10-11,13,17,19H,1,9,12H2,2-6H3/b18-13-. The Hall–Kier alpha value is -2.56. The first-order valence-electron chi connectivity index (χ1n) is 9.30. The molecule has 1 saturated heterocycles. The molecule has 27 heavy (non-hydrogen) atoms. The van der Waals surface area contributed by atoms with Crippen molar-refractivity contribution in [2.75, 3.05) is 14.1 Å². The van der Waals surface area contributed by atoms with E-state index < -0.39 is 11.7 Å². The molecule has 1 aliphatic carbocycles. The Bertz CT molecular complexity index is 817. The van der Waals surface area contributed by atoms with Crippen molar-refractivity contribution >= 4 is 12.0 Å². The fourth-order valence-corrected chi connectivity index (χ4v) is 4.04. The van der Waals surface area contributed by atoms with Gasteiger partial charge in [-0.25, -0.2) is 9.69 Å². The van der Waals surface area contributed by atoms with Gasteiger partial charge in [0.1, 0.15) is 5.60 Å². The second kappa shape index (κ2) is 6.87. The van der Waals surface area contributed by atoms with Crippen LogP contribution in [-0.4, -0.2) is 41.5 Å². The highest BCUT2D eigenvalue weighted by atomic mass is 16.6. The van der Waals surface area contributed by atoms with Crippen molar-refractivity contribution in [2.45, 2.75) is 45.3 Å². The van der Waals surface area contributed by atoms with Gasteiger partial charge in [-0.3, -0.25) is 4.79 Å². The van der Waals surface area contributed by atoms with Gasteiger partial charge in [0.15, 0.2) is 0 Å². The van der Waals surface area contributed by atoms with Gasteiger partial charge < -0.3 is 9.64 Å². The van der Waals surface area contributed by atoms with Crippen molar-refractivity contribution in [3.63, 3.8) is 0 Å². The van der Waals surface area contributed by atoms with E-state index in [-0.39, 0.29) is 17.9 Å². The van der Waals surface area contributed by atoms with Gasteiger partial charge in [-0.2, -0.15) is 0 Å². The van der Waals surface area contributed by atoms with Crippen molar-refractivity contribution in [1.29, 1.82) is 0 Å². The highest BCUT2D eigenvalue weighted by Crippen LogP contribution is 2.50. The summed E-state index contributed by atoms with van der Waals surface area (Å²) in [4.78, 5) is 29.2. The number of likely N-dealkylation sites (tertiary alicyclic amines) is 1. The van der Waals surface area contributed by atoms with Crippen LogP contribution in [0.4, 0.5) is 4.79 Å². The molecule has 1 heterocycles. The Kier molecular flexibility index (Phi) is 4.89. The van der Waals surface area contributed by atoms with E-state index in [1.807, 2.05) is 64.2 Å². The number of carbonyl (C=O) groups is 2. The third kappa shape index (κ3) is 3.51. The van der Waals surface area contributed by atoms with E-state index >= 15 is 0 Å². The molecule has 1 aromatic rings. The average Bonchev–Trinajstić information content (AvgIpc) is 3.02. The second-order valence-corrected chi connectivity index (χ2v) is 8.44. The van der Waals surface area contributed by atoms with Crippen LogP contribution in [0.1, 0.15) is 43.5 Å². The summed E-state index contributed by atoms with van der Waals surface area (Å²) in [5, 5.41) is 0. The second-order valence-electron chi connectivity index (χ2n) is 8.44. The topological polar surface area (TPSA) is 49.9 Å². The largest absolute Gasteiger partial charge is 0.443 e. The van der Waals surface area contributed by atoms with Gasteiger partial charge in [-0.05, 0) is 50.3 Å². The SMILES string of the molecule is C=CCc1cccc2c1CC1/C(=C/N(C)C)C(=O)N(C(=O)OC(C)(C)C)C21. The van der Waals surface area contributed by atoms with Crippen molar-refractivity contribution in [3.8, 4) is 0 Å². The third-order valence-electron chi connectivity index (χ3n) is 4.93. The van der Waals surface area contributed by atoms with Gasteiger partial charge in [0.2, 0.25) is 0 Å². The molecular formula is C22H28N2O3. The quantitative estimate of drug-likeness (QED) is 0.601. The van der Waals surface area contributed by atoms with Crippen LogP contribution in [0.3, 0.4) is 0 Å². The predicted octanol–water partition coefficient (Wildman–Crippen LogP) is 3.85. The first-order valence-corrected chi connectivity index (χ1v) is 9.30. The number of benzene rings is 1. The number of rotatable bonds is 3. The number of nitrogens with zero attached hydrogens (tertiary/aromatic N) is 2. The van der Waals surface area contributed by atoms with E-state index in [0.29, 0.717) is 5.57 Å². The normalized spacial score (nSPS) is 22.6. The van der Waals surface area contributed by atoms with Gasteiger partial charge >= 0.3 is 6.09 Å². The molecule has 1 fully saturated rings. The molecule has 5 nitrogen and oxygen atoms in total. The Balaban J connectivity index is 2.09. The van der Waals surface area contributed by atoms with Crippen molar-refractivity contribution in [3.05, 3.63) is 59.3 Å². The summed E-state index contributed by atoms with van der Waals surface area (Å²) in [7, 11) is 3.77. The number of hydrogen-bond donors (Lipinski definition) is 0. The minimum atomic E-state index is -0.660. The van der Waals surface area contributed by atoms with Crippen LogP contribution in [-0.2, 0) is 22.4 Å². The first-order chi connectivity index (χ1) is 12.6. The number of allylic oxidation sites excluding steroid dienone is 1. The highest BCUT2D eigenvalue weighted by Gasteiger charge is 2.53. The van der Waals surface area contributed by atoms with E-state index in [0.717, 1.165) is 18.4 Å². The van der Waals surface area contributed by atoms with Gasteiger partial charge in [0.25, 0.3) is 5.91 Å². The summed E-state index contributed by atoms with van der Waals surface area (Å²) < 4.78 is 5.56. The molecule has 0 aromatic heterocycles.